The molecule has 2 radical (unpaired) electrons. The molecule has 0 amide bonds. The van der Waals surface area contributed by atoms with Gasteiger partial charge in [0.25, 0.3) is 0 Å². The van der Waals surface area contributed by atoms with Crippen LogP contribution in [-0.4, -0.2) is 89.0 Å². The van der Waals surface area contributed by atoms with Crippen molar-refractivity contribution in [3.05, 3.63) is 216 Å². The molecule has 14 rings (SSSR count). The summed E-state index contributed by atoms with van der Waals surface area (Å²) in [6, 6.07) is 57.8. The number of aromatic nitrogens is 6. The number of aryl methyl sites for hydroxylation is 2. The van der Waals surface area contributed by atoms with E-state index in [1.807, 2.05) is 86.9 Å². The second kappa shape index (κ2) is 40.3. The molecule has 21 heteroatoms. The van der Waals surface area contributed by atoms with Gasteiger partial charge < -0.3 is 34.0 Å². The van der Waals surface area contributed by atoms with Crippen LogP contribution in [0, 0.1) is 55.7 Å². The molecule has 2 saturated carbocycles. The zero-order chi connectivity index (χ0) is 75.5. The number of rotatable bonds is 14. The Morgan fingerprint density at radius 2 is 0.934 bits per heavy atom. The first kappa shape index (κ1) is 87.6. The third-order valence-corrected chi connectivity index (χ3v) is 23.0. The number of fused-ring (bicyclic) bond motifs is 6. The number of benzene rings is 4. The Labute approximate surface area is 653 Å². The monoisotopic (exact) mass is 1850 g/mol. The molecule has 2 aliphatic rings. The van der Waals surface area contributed by atoms with E-state index in [1.54, 1.807) is 0 Å². The molecule has 106 heavy (non-hydrogen) atoms. The van der Waals surface area contributed by atoms with Crippen molar-refractivity contribution in [2.75, 3.05) is 14.2 Å². The van der Waals surface area contributed by atoms with E-state index in [0.717, 1.165) is 141 Å². The molecule has 0 aliphatic heterocycles. The third-order valence-electron chi connectivity index (χ3n) is 18.2. The van der Waals surface area contributed by atoms with Crippen molar-refractivity contribution >= 4 is 80.8 Å². The van der Waals surface area contributed by atoms with Crippen LogP contribution < -0.4 is 10.4 Å². The summed E-state index contributed by atoms with van der Waals surface area (Å²) >= 11 is 0. The number of hydrogen-bond donors (Lipinski definition) is 3. The summed E-state index contributed by atoms with van der Waals surface area (Å²) in [6.07, 6.45) is 23.6. The van der Waals surface area contributed by atoms with E-state index in [1.165, 1.54) is 84.0 Å². The zero-order valence-corrected chi connectivity index (χ0v) is 70.9. The first-order valence-corrected chi connectivity index (χ1v) is 44.3. The standard InChI is InChI=1S/C23H22N2O.C23H21N2O.2C18H24NSi.CHF3O3S.2CH4O.2Ir/c2*1-15-9-10-19-18-7-4-8-20(22(18)26-23(19)25-15)21-14-17(11-12-24-21)13-16-5-2-3-6-16;2*1-14(2)11-16-12-17(15-9-7-6-8-10-15)19-13-18(16)20(3,4)5;2-1(3,4)8(5,6)7;2*1-2;;/h4,7-12,14,16H,2-3,5-6,13H2,1H3;4,7,9-12,14,16H,2-3,5-6,13H2,1H3;2*6-9,12-14H,11H2,1-5H3;(H,5,6,7);2*2H,1H3;;/q;3*-1;;;;;. The summed E-state index contributed by atoms with van der Waals surface area (Å²) < 4.78 is 69.8. The van der Waals surface area contributed by atoms with Crippen LogP contribution in [0.5, 0.6) is 0 Å². The number of aliphatic hydroxyl groups excluding tert-OH is 2. The largest absolute Gasteiger partial charge is 0.522 e. The topological polar surface area (TPSA) is 198 Å². The number of aliphatic hydroxyl groups is 2. The summed E-state index contributed by atoms with van der Waals surface area (Å²) in [4.78, 5) is 27.7. The number of nitrogens with zero attached hydrogens (tertiary/aromatic N) is 6. The SMILES string of the molecule is CC(C)Cc1cc(-c2[c-]cccc2)ncc1[Si](C)(C)C.CC(C)Cc1cc(-c2[c-]cccc2)ncc1[Si](C)(C)C.CO.CO.Cc1ccc2c(n1)oc1c(-c3cc(CC4CCCC4)ccn3)[c-]ccc12.Cc1ccc2c(n1)oc1c(-c3cc(CC4CCCC4)ccn3)cccc12.O=S(=O)(O)C(F)(F)F.[Ir].[Ir]. The van der Waals surface area contributed by atoms with Crippen molar-refractivity contribution in [3.8, 4) is 45.0 Å². The maximum atomic E-state index is 10.7. The number of hydrogen-bond acceptors (Lipinski definition) is 12. The zero-order valence-electron chi connectivity index (χ0n) is 63.2. The van der Waals surface area contributed by atoms with Crippen LogP contribution in [0.4, 0.5) is 13.2 Å². The van der Waals surface area contributed by atoms with E-state index in [4.69, 9.17) is 32.0 Å². The van der Waals surface area contributed by atoms with Gasteiger partial charge in [-0.15, -0.1) is 90.0 Å². The van der Waals surface area contributed by atoms with Crippen LogP contribution in [0.2, 0.25) is 39.3 Å². The predicted octanol–water partition coefficient (Wildman–Crippen LogP) is 20.2. The molecule has 0 saturated heterocycles. The molecule has 568 valence electrons. The quantitative estimate of drug-likeness (QED) is 0.0403. The fourth-order valence-corrected chi connectivity index (χ4v) is 16.6. The van der Waals surface area contributed by atoms with E-state index in [-0.39, 0.29) is 40.2 Å². The fraction of sp³-hybridized carbons (Fsp3) is 0.365. The van der Waals surface area contributed by atoms with Crippen molar-refractivity contribution < 1.29 is 85.4 Å². The fourth-order valence-electron chi connectivity index (χ4n) is 13.4. The molecule has 0 unspecified atom stereocenters. The van der Waals surface area contributed by atoms with Crippen molar-refractivity contribution in [1.82, 2.24) is 29.9 Å². The molecule has 8 heterocycles. The first-order chi connectivity index (χ1) is 49.6. The van der Waals surface area contributed by atoms with Gasteiger partial charge in [-0.3, -0.25) is 9.54 Å². The van der Waals surface area contributed by atoms with Gasteiger partial charge in [0, 0.05) is 112 Å². The number of halogens is 3. The van der Waals surface area contributed by atoms with Crippen LogP contribution in [0.15, 0.2) is 173 Å². The Hall–Kier alpha value is -7.27. The minimum Gasteiger partial charge on any atom is -0.486 e. The molecule has 2 aliphatic carbocycles. The molecule has 3 N–H and O–H groups in total. The predicted molar refractivity (Wildman–Crippen MR) is 423 cm³/mol. The van der Waals surface area contributed by atoms with Gasteiger partial charge in [-0.1, -0.05) is 176 Å². The second-order valence-electron chi connectivity index (χ2n) is 29.5. The average molecular weight is 1850 g/mol. The molecular weight excluding hydrogens is 1750 g/mol. The Bertz CT molecular complexity index is 4580. The summed E-state index contributed by atoms with van der Waals surface area (Å²) in [5.74, 6) is 2.99. The van der Waals surface area contributed by atoms with Gasteiger partial charge in [-0.05, 0) is 145 Å². The van der Waals surface area contributed by atoms with E-state index in [0.29, 0.717) is 23.3 Å². The van der Waals surface area contributed by atoms with Gasteiger partial charge >= 0.3 is 15.6 Å². The number of pyridine rings is 6. The van der Waals surface area contributed by atoms with Gasteiger partial charge in [-0.25, -0.2) is 9.97 Å². The summed E-state index contributed by atoms with van der Waals surface area (Å²) in [6.45, 7) is 27.4. The van der Waals surface area contributed by atoms with Crippen molar-refractivity contribution in [2.45, 2.75) is 163 Å². The van der Waals surface area contributed by atoms with Crippen LogP contribution in [0.3, 0.4) is 0 Å². The molecule has 2 fully saturated rings. The van der Waals surface area contributed by atoms with Crippen LogP contribution in [0.25, 0.3) is 89.2 Å². The second-order valence-corrected chi connectivity index (χ2v) is 41.0. The average Bonchev–Trinajstić information content (AvgIpc) is 1.62. The Morgan fingerprint density at radius 3 is 1.35 bits per heavy atom. The molecule has 0 atom stereocenters. The smallest absolute Gasteiger partial charge is 0.486 e. The van der Waals surface area contributed by atoms with Gasteiger partial charge in [0.1, 0.15) is 5.58 Å². The number of furan rings is 2. The van der Waals surface area contributed by atoms with E-state index < -0.39 is 31.8 Å². The normalized spacial score (nSPS) is 13.2. The van der Waals surface area contributed by atoms with E-state index in [9.17, 15) is 13.2 Å². The Balaban J connectivity index is 0.000000211. The maximum absolute atomic E-state index is 10.7. The van der Waals surface area contributed by atoms with E-state index in [2.05, 4.69) is 206 Å². The Morgan fingerprint density at radius 1 is 0.509 bits per heavy atom. The molecular formula is C85H100F3Ir2N6O7SSi2-3. The summed E-state index contributed by atoms with van der Waals surface area (Å²) in [7, 11) is -6.52. The van der Waals surface area contributed by atoms with Crippen molar-refractivity contribution in [2.24, 2.45) is 23.7 Å². The minimum absolute atomic E-state index is 0. The maximum Gasteiger partial charge on any atom is 0.522 e. The van der Waals surface area contributed by atoms with Crippen molar-refractivity contribution in [3.63, 3.8) is 0 Å². The minimum atomic E-state index is -5.84. The van der Waals surface area contributed by atoms with Crippen LogP contribution >= 0.6 is 0 Å². The third kappa shape index (κ3) is 24.1. The molecule has 12 aromatic rings. The molecule has 4 aromatic carbocycles. The number of alkyl halides is 3. The van der Waals surface area contributed by atoms with Gasteiger partial charge in [0.15, 0.2) is 0 Å². The molecule has 13 nitrogen and oxygen atoms in total. The van der Waals surface area contributed by atoms with Crippen molar-refractivity contribution in [1.29, 1.82) is 0 Å². The summed E-state index contributed by atoms with van der Waals surface area (Å²) in [5, 5.41) is 21.3. The first-order valence-electron chi connectivity index (χ1n) is 35.8. The number of para-hydroxylation sites is 1. The van der Waals surface area contributed by atoms with E-state index >= 15 is 0 Å². The summed E-state index contributed by atoms with van der Waals surface area (Å²) in [5.41, 5.74) is 13.3. The van der Waals surface area contributed by atoms with Crippen LogP contribution in [0.1, 0.15) is 113 Å². The Kier molecular flexibility index (Phi) is 33.3. The van der Waals surface area contributed by atoms with Crippen LogP contribution in [-0.2, 0) is 76.0 Å². The molecule has 0 bridgehead atoms. The van der Waals surface area contributed by atoms with Gasteiger partial charge in [0.2, 0.25) is 11.4 Å². The van der Waals surface area contributed by atoms with Gasteiger partial charge in [0.05, 0.1) is 27.4 Å². The molecule has 8 aromatic heterocycles. The molecule has 0 spiro atoms. The van der Waals surface area contributed by atoms with Gasteiger partial charge in [-0.2, -0.15) is 21.6 Å².